The molecule has 0 radical (unpaired) electrons. The predicted molar refractivity (Wildman–Crippen MR) is 77.8 cm³/mol. The van der Waals surface area contributed by atoms with Gasteiger partial charge >= 0.3 is 0 Å². The van der Waals surface area contributed by atoms with E-state index in [-0.39, 0.29) is 5.25 Å². The Morgan fingerprint density at radius 1 is 1.28 bits per heavy atom. The second kappa shape index (κ2) is 6.03. The molecule has 0 amide bonds. The summed E-state index contributed by atoms with van der Waals surface area (Å²) in [5.74, 6) is 0. The van der Waals surface area contributed by atoms with Crippen LogP contribution in [0.15, 0.2) is 47.6 Å². The monoisotopic (exact) mass is 258 g/mol. The summed E-state index contributed by atoms with van der Waals surface area (Å²) < 4.78 is 0. The van der Waals surface area contributed by atoms with Gasteiger partial charge in [0.05, 0.1) is 0 Å². The molecule has 1 atom stereocenters. The van der Waals surface area contributed by atoms with Crippen molar-refractivity contribution in [2.24, 2.45) is 5.73 Å². The summed E-state index contributed by atoms with van der Waals surface area (Å²) in [5.41, 5.74) is 9.67. The van der Waals surface area contributed by atoms with E-state index in [0.717, 1.165) is 0 Å². The fraction of sp³-hybridized carbons (Fsp3) is 0.267. The minimum atomic E-state index is 0.264. The number of benzene rings is 1. The lowest BCUT2D eigenvalue weighted by molar-refractivity contribution is 0.931. The summed E-state index contributed by atoms with van der Waals surface area (Å²) in [5, 5.41) is 0.264. The summed E-state index contributed by atoms with van der Waals surface area (Å²) in [4.78, 5) is 5.45. The van der Waals surface area contributed by atoms with Crippen LogP contribution >= 0.6 is 11.8 Å². The Labute approximate surface area is 113 Å². The van der Waals surface area contributed by atoms with E-state index in [1.165, 1.54) is 21.6 Å². The van der Waals surface area contributed by atoms with E-state index in [1.54, 1.807) is 6.20 Å². The van der Waals surface area contributed by atoms with E-state index in [9.17, 15) is 0 Å². The van der Waals surface area contributed by atoms with Crippen molar-refractivity contribution in [1.29, 1.82) is 0 Å². The molecule has 0 saturated carbocycles. The zero-order valence-electron chi connectivity index (χ0n) is 10.8. The Bertz CT molecular complexity index is 511. The number of aryl methyl sites for hydroxylation is 2. The zero-order chi connectivity index (χ0) is 13.0. The van der Waals surface area contributed by atoms with Crippen molar-refractivity contribution < 1.29 is 0 Å². The molecule has 1 unspecified atom stereocenters. The van der Waals surface area contributed by atoms with Crippen LogP contribution in [0.2, 0.25) is 0 Å². The zero-order valence-corrected chi connectivity index (χ0v) is 11.6. The first-order valence-electron chi connectivity index (χ1n) is 6.04. The van der Waals surface area contributed by atoms with Gasteiger partial charge in [-0.3, -0.25) is 4.98 Å². The molecule has 3 heteroatoms. The maximum atomic E-state index is 5.88. The number of aromatic nitrogens is 1. The van der Waals surface area contributed by atoms with Crippen LogP contribution in [0.25, 0.3) is 0 Å². The van der Waals surface area contributed by atoms with Crippen LogP contribution in [0.5, 0.6) is 0 Å². The van der Waals surface area contributed by atoms with Crippen molar-refractivity contribution in [3.63, 3.8) is 0 Å². The van der Waals surface area contributed by atoms with E-state index < -0.39 is 0 Å². The normalized spacial score (nSPS) is 12.4. The van der Waals surface area contributed by atoms with Gasteiger partial charge in [-0.05, 0) is 37.1 Å². The quantitative estimate of drug-likeness (QED) is 0.853. The van der Waals surface area contributed by atoms with Gasteiger partial charge in [0, 0.05) is 29.1 Å². The average Bonchev–Trinajstić information content (AvgIpc) is 2.39. The van der Waals surface area contributed by atoms with E-state index in [2.05, 4.69) is 43.1 Å². The van der Waals surface area contributed by atoms with E-state index in [4.69, 9.17) is 5.73 Å². The number of pyridine rings is 1. The molecule has 2 N–H and O–H groups in total. The average molecular weight is 258 g/mol. The molecule has 0 aliphatic rings. The fourth-order valence-corrected chi connectivity index (χ4v) is 2.97. The summed E-state index contributed by atoms with van der Waals surface area (Å²) in [7, 11) is 0. The minimum absolute atomic E-state index is 0.264. The van der Waals surface area contributed by atoms with Crippen molar-refractivity contribution in [2.75, 3.05) is 6.54 Å². The van der Waals surface area contributed by atoms with Gasteiger partial charge < -0.3 is 5.73 Å². The molecule has 1 aromatic carbocycles. The third-order valence-electron chi connectivity index (χ3n) is 2.87. The molecule has 18 heavy (non-hydrogen) atoms. The Hall–Kier alpha value is -1.32. The lowest BCUT2D eigenvalue weighted by Gasteiger charge is -2.16. The minimum Gasteiger partial charge on any atom is -0.329 e. The van der Waals surface area contributed by atoms with Gasteiger partial charge in [0.15, 0.2) is 0 Å². The molecule has 0 saturated heterocycles. The highest BCUT2D eigenvalue weighted by Crippen LogP contribution is 2.35. The SMILES string of the molecule is Cc1ccc(SC(CN)c2cccnc2)c(C)c1. The first kappa shape index (κ1) is 13.1. The summed E-state index contributed by atoms with van der Waals surface area (Å²) >= 11 is 1.81. The topological polar surface area (TPSA) is 38.9 Å². The van der Waals surface area contributed by atoms with Crippen LogP contribution in [-0.4, -0.2) is 11.5 Å². The van der Waals surface area contributed by atoms with Crippen LogP contribution in [0.1, 0.15) is 21.9 Å². The molecular weight excluding hydrogens is 240 g/mol. The van der Waals surface area contributed by atoms with Gasteiger partial charge in [-0.25, -0.2) is 0 Å². The lowest BCUT2D eigenvalue weighted by Crippen LogP contribution is -2.09. The molecule has 94 valence electrons. The number of nitrogens with two attached hydrogens (primary N) is 1. The van der Waals surface area contributed by atoms with Gasteiger partial charge in [0.2, 0.25) is 0 Å². The molecule has 0 aliphatic carbocycles. The third-order valence-corrected chi connectivity index (χ3v) is 4.33. The summed E-state index contributed by atoms with van der Waals surface area (Å²) in [6, 6.07) is 10.6. The van der Waals surface area contributed by atoms with Crippen molar-refractivity contribution in [3.8, 4) is 0 Å². The first-order valence-corrected chi connectivity index (χ1v) is 6.92. The largest absolute Gasteiger partial charge is 0.329 e. The molecule has 2 aromatic rings. The van der Waals surface area contributed by atoms with Crippen molar-refractivity contribution in [1.82, 2.24) is 4.98 Å². The molecule has 1 heterocycles. The van der Waals surface area contributed by atoms with E-state index in [0.29, 0.717) is 6.54 Å². The Morgan fingerprint density at radius 3 is 2.72 bits per heavy atom. The lowest BCUT2D eigenvalue weighted by atomic mass is 10.2. The third kappa shape index (κ3) is 3.12. The molecule has 0 aliphatic heterocycles. The highest BCUT2D eigenvalue weighted by molar-refractivity contribution is 7.99. The maximum Gasteiger partial charge on any atom is 0.0482 e. The number of nitrogens with zero attached hydrogens (tertiary/aromatic N) is 1. The standard InChI is InChI=1S/C15H18N2S/c1-11-5-6-14(12(2)8-11)18-15(9-16)13-4-3-7-17-10-13/h3-8,10,15H,9,16H2,1-2H3. The van der Waals surface area contributed by atoms with E-state index >= 15 is 0 Å². The number of rotatable bonds is 4. The molecule has 0 fully saturated rings. The molecule has 1 aromatic heterocycles. The van der Waals surface area contributed by atoms with Crippen LogP contribution in [0.4, 0.5) is 0 Å². The van der Waals surface area contributed by atoms with Gasteiger partial charge in [-0.15, -0.1) is 11.8 Å². The number of hydrogen-bond acceptors (Lipinski definition) is 3. The Kier molecular flexibility index (Phi) is 4.39. The molecule has 2 rings (SSSR count). The van der Waals surface area contributed by atoms with Gasteiger partial charge in [0.1, 0.15) is 0 Å². The van der Waals surface area contributed by atoms with Crippen LogP contribution in [0, 0.1) is 13.8 Å². The van der Waals surface area contributed by atoms with Crippen molar-refractivity contribution in [2.45, 2.75) is 24.0 Å². The van der Waals surface area contributed by atoms with E-state index in [1.807, 2.05) is 24.0 Å². The van der Waals surface area contributed by atoms with Crippen molar-refractivity contribution >= 4 is 11.8 Å². The Balaban J connectivity index is 2.21. The first-order chi connectivity index (χ1) is 8.70. The highest BCUT2D eigenvalue weighted by Gasteiger charge is 2.12. The second-order valence-electron chi connectivity index (χ2n) is 4.40. The summed E-state index contributed by atoms with van der Waals surface area (Å²) in [6.45, 7) is 4.87. The fourth-order valence-electron chi connectivity index (χ4n) is 1.90. The predicted octanol–water partition coefficient (Wildman–Crippen LogP) is 3.49. The van der Waals surface area contributed by atoms with Gasteiger partial charge in [-0.1, -0.05) is 23.8 Å². The maximum absolute atomic E-state index is 5.88. The highest BCUT2D eigenvalue weighted by atomic mass is 32.2. The van der Waals surface area contributed by atoms with Gasteiger partial charge in [-0.2, -0.15) is 0 Å². The van der Waals surface area contributed by atoms with Crippen molar-refractivity contribution in [3.05, 3.63) is 59.4 Å². The number of thioether (sulfide) groups is 1. The summed E-state index contributed by atoms with van der Waals surface area (Å²) in [6.07, 6.45) is 3.69. The smallest absolute Gasteiger partial charge is 0.0482 e. The van der Waals surface area contributed by atoms with Gasteiger partial charge in [0.25, 0.3) is 0 Å². The Morgan fingerprint density at radius 2 is 2.11 bits per heavy atom. The molecule has 0 spiro atoms. The molecular formula is C15H18N2S. The second-order valence-corrected chi connectivity index (χ2v) is 5.64. The van der Waals surface area contributed by atoms with Crippen LogP contribution in [0.3, 0.4) is 0 Å². The molecule has 2 nitrogen and oxygen atoms in total. The number of hydrogen-bond donors (Lipinski definition) is 1. The van der Waals surface area contributed by atoms with Crippen LogP contribution < -0.4 is 5.73 Å². The van der Waals surface area contributed by atoms with Crippen LogP contribution in [-0.2, 0) is 0 Å². The molecule has 0 bridgehead atoms.